The minimum absolute atomic E-state index is 0.0520. The van der Waals surface area contributed by atoms with Crippen molar-refractivity contribution in [2.75, 3.05) is 13.2 Å². The van der Waals surface area contributed by atoms with Crippen LogP contribution in [0.3, 0.4) is 0 Å². The van der Waals surface area contributed by atoms with E-state index in [1.54, 1.807) is 0 Å². The van der Waals surface area contributed by atoms with Gasteiger partial charge in [0.2, 0.25) is 0 Å². The zero-order valence-corrected chi connectivity index (χ0v) is 12.6. The highest BCUT2D eigenvalue weighted by molar-refractivity contribution is 5.95. The van der Waals surface area contributed by atoms with E-state index in [2.05, 4.69) is 0 Å². The highest BCUT2D eigenvalue weighted by Crippen LogP contribution is 2.20. The Morgan fingerprint density at radius 1 is 1.00 bits per heavy atom. The SMILES string of the molecule is CCCCOC(=O)c1ccc(C(=O)OCCCC)c(O)c1. The Labute approximate surface area is 124 Å². The van der Waals surface area contributed by atoms with E-state index in [-0.39, 0.29) is 16.9 Å². The second-order valence-corrected chi connectivity index (χ2v) is 4.71. The Balaban J connectivity index is 2.66. The van der Waals surface area contributed by atoms with Gasteiger partial charge in [0, 0.05) is 0 Å². The van der Waals surface area contributed by atoms with Crippen LogP contribution in [-0.2, 0) is 9.47 Å². The van der Waals surface area contributed by atoms with Crippen molar-refractivity contribution >= 4 is 11.9 Å². The molecular weight excluding hydrogens is 272 g/mol. The lowest BCUT2D eigenvalue weighted by molar-refractivity contribution is 0.0482. The van der Waals surface area contributed by atoms with E-state index in [9.17, 15) is 14.7 Å². The average molecular weight is 294 g/mol. The third-order valence-electron chi connectivity index (χ3n) is 2.92. The zero-order valence-electron chi connectivity index (χ0n) is 12.6. The first-order valence-electron chi connectivity index (χ1n) is 7.27. The standard InChI is InChI=1S/C16H22O5/c1-3-5-9-20-15(18)12-7-8-13(14(17)11-12)16(19)21-10-6-4-2/h7-8,11,17H,3-6,9-10H2,1-2H3. The number of ether oxygens (including phenoxy) is 2. The molecule has 0 aliphatic carbocycles. The smallest absolute Gasteiger partial charge is 0.341 e. The van der Waals surface area contributed by atoms with E-state index < -0.39 is 11.9 Å². The third-order valence-corrected chi connectivity index (χ3v) is 2.92. The van der Waals surface area contributed by atoms with Crippen molar-refractivity contribution in [3.63, 3.8) is 0 Å². The van der Waals surface area contributed by atoms with Crippen LogP contribution in [0.25, 0.3) is 0 Å². The lowest BCUT2D eigenvalue weighted by atomic mass is 10.1. The van der Waals surface area contributed by atoms with E-state index in [1.807, 2.05) is 13.8 Å². The molecule has 1 aromatic carbocycles. The summed E-state index contributed by atoms with van der Waals surface area (Å²) in [7, 11) is 0. The molecule has 1 N–H and O–H groups in total. The average Bonchev–Trinajstić information content (AvgIpc) is 2.47. The number of unbranched alkanes of at least 4 members (excludes halogenated alkanes) is 2. The van der Waals surface area contributed by atoms with Crippen molar-refractivity contribution in [2.45, 2.75) is 39.5 Å². The molecule has 0 saturated heterocycles. The van der Waals surface area contributed by atoms with Crippen molar-refractivity contribution in [2.24, 2.45) is 0 Å². The van der Waals surface area contributed by atoms with Gasteiger partial charge in [-0.15, -0.1) is 0 Å². The molecule has 1 aromatic rings. The van der Waals surface area contributed by atoms with Gasteiger partial charge >= 0.3 is 11.9 Å². The first kappa shape index (κ1) is 17.0. The summed E-state index contributed by atoms with van der Waals surface area (Å²) in [6.45, 7) is 4.65. The van der Waals surface area contributed by atoms with Crippen molar-refractivity contribution < 1.29 is 24.2 Å². The van der Waals surface area contributed by atoms with Gasteiger partial charge in [-0.1, -0.05) is 26.7 Å². The molecule has 1 rings (SSSR count). The molecular formula is C16H22O5. The van der Waals surface area contributed by atoms with Gasteiger partial charge in [0.1, 0.15) is 11.3 Å². The van der Waals surface area contributed by atoms with Crippen LogP contribution in [0.1, 0.15) is 60.2 Å². The first-order valence-corrected chi connectivity index (χ1v) is 7.27. The summed E-state index contributed by atoms with van der Waals surface area (Å²) in [5, 5.41) is 9.83. The van der Waals surface area contributed by atoms with Crippen LogP contribution < -0.4 is 0 Å². The van der Waals surface area contributed by atoms with Gasteiger partial charge in [-0.25, -0.2) is 9.59 Å². The summed E-state index contributed by atoms with van der Waals surface area (Å²) in [6, 6.07) is 4.05. The summed E-state index contributed by atoms with van der Waals surface area (Å²) in [4.78, 5) is 23.4. The first-order chi connectivity index (χ1) is 10.1. The summed E-state index contributed by atoms with van der Waals surface area (Å²) in [5.74, 6) is -1.38. The topological polar surface area (TPSA) is 72.8 Å². The molecule has 0 saturated carbocycles. The predicted molar refractivity (Wildman–Crippen MR) is 78.5 cm³/mol. The minimum Gasteiger partial charge on any atom is -0.507 e. The molecule has 5 nitrogen and oxygen atoms in total. The number of aromatic hydroxyl groups is 1. The van der Waals surface area contributed by atoms with Crippen LogP contribution in [0.2, 0.25) is 0 Å². The molecule has 0 bridgehead atoms. The van der Waals surface area contributed by atoms with Crippen molar-refractivity contribution in [3.05, 3.63) is 29.3 Å². The summed E-state index contributed by atoms with van der Waals surface area (Å²) in [5.41, 5.74) is 0.268. The number of rotatable bonds is 8. The lowest BCUT2D eigenvalue weighted by Gasteiger charge is -2.08. The van der Waals surface area contributed by atoms with E-state index in [4.69, 9.17) is 9.47 Å². The van der Waals surface area contributed by atoms with Gasteiger partial charge in [-0.2, -0.15) is 0 Å². The molecule has 5 heteroatoms. The van der Waals surface area contributed by atoms with Crippen molar-refractivity contribution in [1.82, 2.24) is 0 Å². The van der Waals surface area contributed by atoms with Crippen LogP contribution in [-0.4, -0.2) is 30.3 Å². The molecule has 116 valence electrons. The van der Waals surface area contributed by atoms with Crippen LogP contribution in [0, 0.1) is 0 Å². The van der Waals surface area contributed by atoms with Gasteiger partial charge in [-0.05, 0) is 31.0 Å². The van der Waals surface area contributed by atoms with E-state index in [0.717, 1.165) is 25.7 Å². The molecule has 0 aromatic heterocycles. The molecule has 0 spiro atoms. The maximum Gasteiger partial charge on any atom is 0.341 e. The summed E-state index contributed by atoms with van der Waals surface area (Å²) in [6.07, 6.45) is 3.41. The fraction of sp³-hybridized carbons (Fsp3) is 0.500. The number of carbonyl (C=O) groups is 2. The maximum absolute atomic E-state index is 11.7. The van der Waals surface area contributed by atoms with Crippen molar-refractivity contribution in [1.29, 1.82) is 0 Å². The zero-order chi connectivity index (χ0) is 15.7. The Morgan fingerprint density at radius 3 is 2.10 bits per heavy atom. The number of hydrogen-bond donors (Lipinski definition) is 1. The molecule has 0 radical (unpaired) electrons. The van der Waals surface area contributed by atoms with Gasteiger partial charge in [0.25, 0.3) is 0 Å². The number of benzene rings is 1. The summed E-state index contributed by atoms with van der Waals surface area (Å²) >= 11 is 0. The number of esters is 2. The Bertz CT molecular complexity index is 482. The normalized spacial score (nSPS) is 10.2. The molecule has 0 fully saturated rings. The fourth-order valence-corrected chi connectivity index (χ4v) is 1.61. The van der Waals surface area contributed by atoms with Gasteiger partial charge in [0.15, 0.2) is 0 Å². The largest absolute Gasteiger partial charge is 0.507 e. The number of phenolic OH excluding ortho intramolecular Hbond substituents is 1. The van der Waals surface area contributed by atoms with E-state index >= 15 is 0 Å². The Kier molecular flexibility index (Phi) is 7.29. The Morgan fingerprint density at radius 2 is 1.57 bits per heavy atom. The summed E-state index contributed by atoms with van der Waals surface area (Å²) < 4.78 is 10.1. The molecule has 0 amide bonds. The lowest BCUT2D eigenvalue weighted by Crippen LogP contribution is -2.09. The number of phenols is 1. The molecule has 0 heterocycles. The monoisotopic (exact) mass is 294 g/mol. The van der Waals surface area contributed by atoms with Gasteiger partial charge < -0.3 is 14.6 Å². The van der Waals surface area contributed by atoms with Crippen LogP contribution in [0.4, 0.5) is 0 Å². The maximum atomic E-state index is 11.7. The molecule has 0 unspecified atom stereocenters. The van der Waals surface area contributed by atoms with Crippen LogP contribution >= 0.6 is 0 Å². The second kappa shape index (κ2) is 9.00. The number of hydrogen-bond acceptors (Lipinski definition) is 5. The third kappa shape index (κ3) is 5.45. The van der Waals surface area contributed by atoms with Gasteiger partial charge in [-0.3, -0.25) is 0 Å². The quantitative estimate of drug-likeness (QED) is 0.588. The molecule has 0 atom stereocenters. The molecule has 0 aliphatic heterocycles. The van der Waals surface area contributed by atoms with E-state index in [0.29, 0.717) is 13.2 Å². The predicted octanol–water partition coefficient (Wildman–Crippen LogP) is 3.31. The second-order valence-electron chi connectivity index (χ2n) is 4.71. The minimum atomic E-state index is -0.591. The highest BCUT2D eigenvalue weighted by atomic mass is 16.5. The molecule has 0 aliphatic rings. The van der Waals surface area contributed by atoms with Gasteiger partial charge in [0.05, 0.1) is 18.8 Å². The Hall–Kier alpha value is -2.04. The van der Waals surface area contributed by atoms with Crippen molar-refractivity contribution in [3.8, 4) is 5.75 Å². The fourth-order valence-electron chi connectivity index (χ4n) is 1.61. The van der Waals surface area contributed by atoms with E-state index in [1.165, 1.54) is 18.2 Å². The van der Waals surface area contributed by atoms with Crippen LogP contribution in [0.5, 0.6) is 5.75 Å². The highest BCUT2D eigenvalue weighted by Gasteiger charge is 2.16. The number of carbonyl (C=O) groups excluding carboxylic acids is 2. The van der Waals surface area contributed by atoms with Crippen LogP contribution in [0.15, 0.2) is 18.2 Å². The molecule has 21 heavy (non-hydrogen) atoms.